The number of hydrogen-bond donors (Lipinski definition) is 3. The van der Waals surface area contributed by atoms with Gasteiger partial charge in [-0.1, -0.05) is 25.5 Å². The predicted molar refractivity (Wildman–Crippen MR) is 100 cm³/mol. The highest BCUT2D eigenvalue weighted by Crippen LogP contribution is 2.70. The SMILES string of the molecule is C[C@H]1C[C@@H]2[C@@H]3CCC4=CC(=O)C=C[C@]4(C)[C@@]3(F)[C@@H](O)C[C@]2(C)[C@@H]1[C@H](O)C(=O)O. The van der Waals surface area contributed by atoms with Gasteiger partial charge in [-0.3, -0.25) is 4.79 Å². The molecule has 3 N–H and O–H groups in total. The molecule has 0 spiro atoms. The quantitative estimate of drug-likeness (QED) is 0.672. The Hall–Kier alpha value is -1.53. The second kappa shape index (κ2) is 5.99. The number of fused-ring (bicyclic) bond motifs is 5. The van der Waals surface area contributed by atoms with E-state index in [0.29, 0.717) is 19.3 Å². The maximum atomic E-state index is 16.8. The number of rotatable bonds is 2. The maximum Gasteiger partial charge on any atom is 0.332 e. The molecular formula is C22H29FO5. The summed E-state index contributed by atoms with van der Waals surface area (Å²) >= 11 is 0. The van der Waals surface area contributed by atoms with Crippen molar-refractivity contribution in [3.05, 3.63) is 23.8 Å². The van der Waals surface area contributed by atoms with Crippen LogP contribution in [0.4, 0.5) is 4.39 Å². The number of aliphatic carboxylic acids is 1. The van der Waals surface area contributed by atoms with Crippen LogP contribution in [0.2, 0.25) is 0 Å². The zero-order valence-corrected chi connectivity index (χ0v) is 16.6. The first-order chi connectivity index (χ1) is 13.0. The Bertz CT molecular complexity index is 790. The maximum absolute atomic E-state index is 16.8. The van der Waals surface area contributed by atoms with Crippen molar-refractivity contribution in [2.45, 2.75) is 64.3 Å². The third-order valence-electron chi connectivity index (χ3n) is 8.67. The van der Waals surface area contributed by atoms with Crippen LogP contribution in [0, 0.1) is 34.5 Å². The van der Waals surface area contributed by atoms with Gasteiger partial charge in [0.25, 0.3) is 0 Å². The number of hydrogen-bond acceptors (Lipinski definition) is 4. The minimum atomic E-state index is -1.92. The van der Waals surface area contributed by atoms with Crippen LogP contribution in [0.1, 0.15) is 46.5 Å². The normalized spacial score (nSPS) is 51.0. The van der Waals surface area contributed by atoms with E-state index in [9.17, 15) is 24.9 Å². The molecule has 0 aromatic carbocycles. The number of allylic oxidation sites excluding steroid dienone is 4. The smallest absolute Gasteiger partial charge is 0.332 e. The number of ketones is 1. The van der Waals surface area contributed by atoms with E-state index < -0.39 is 46.5 Å². The van der Waals surface area contributed by atoms with Gasteiger partial charge in [-0.25, -0.2) is 9.18 Å². The van der Waals surface area contributed by atoms with Crippen LogP contribution >= 0.6 is 0 Å². The van der Waals surface area contributed by atoms with Gasteiger partial charge in [0.2, 0.25) is 0 Å². The van der Waals surface area contributed by atoms with E-state index in [4.69, 9.17) is 0 Å². The molecule has 0 amide bonds. The minimum Gasteiger partial charge on any atom is -0.479 e. The van der Waals surface area contributed by atoms with Gasteiger partial charge < -0.3 is 15.3 Å². The van der Waals surface area contributed by atoms with Gasteiger partial charge in [0, 0.05) is 17.3 Å². The molecule has 6 heteroatoms. The summed E-state index contributed by atoms with van der Waals surface area (Å²) in [5.41, 5.74) is -2.88. The highest BCUT2D eigenvalue weighted by Gasteiger charge is 2.71. The van der Waals surface area contributed by atoms with E-state index in [2.05, 4.69) is 0 Å². The lowest BCUT2D eigenvalue weighted by molar-refractivity contribution is -0.202. The van der Waals surface area contributed by atoms with E-state index in [1.807, 2.05) is 13.8 Å². The summed E-state index contributed by atoms with van der Waals surface area (Å²) in [5, 5.41) is 30.9. The zero-order valence-electron chi connectivity index (χ0n) is 16.6. The van der Waals surface area contributed by atoms with Gasteiger partial charge in [-0.05, 0) is 62.0 Å². The number of carboxylic acid groups (broad SMARTS) is 1. The summed E-state index contributed by atoms with van der Waals surface area (Å²) in [7, 11) is 0. The largest absolute Gasteiger partial charge is 0.479 e. The molecular weight excluding hydrogens is 363 g/mol. The Morgan fingerprint density at radius 1 is 1.32 bits per heavy atom. The lowest BCUT2D eigenvalue weighted by Gasteiger charge is -2.62. The fraction of sp³-hybridized carbons (Fsp3) is 0.727. The monoisotopic (exact) mass is 392 g/mol. The fourth-order valence-electron chi connectivity index (χ4n) is 7.44. The van der Waals surface area contributed by atoms with Gasteiger partial charge in [-0.2, -0.15) is 0 Å². The number of alkyl halides is 1. The third kappa shape index (κ3) is 2.25. The lowest BCUT2D eigenvalue weighted by atomic mass is 9.45. The van der Waals surface area contributed by atoms with Gasteiger partial charge in [0.05, 0.1) is 6.10 Å². The molecule has 0 heterocycles. The second-order valence-electron chi connectivity index (χ2n) is 9.87. The predicted octanol–water partition coefficient (Wildman–Crippen LogP) is 2.66. The fourth-order valence-corrected chi connectivity index (χ4v) is 7.44. The molecule has 3 saturated carbocycles. The van der Waals surface area contributed by atoms with Gasteiger partial charge >= 0.3 is 5.97 Å². The molecule has 0 saturated heterocycles. The summed E-state index contributed by atoms with van der Waals surface area (Å²) in [4.78, 5) is 23.3. The molecule has 3 fully saturated rings. The van der Waals surface area contributed by atoms with Crippen molar-refractivity contribution >= 4 is 11.8 Å². The summed E-state index contributed by atoms with van der Waals surface area (Å²) < 4.78 is 16.8. The van der Waals surface area contributed by atoms with Crippen molar-refractivity contribution in [2.24, 2.45) is 34.5 Å². The second-order valence-corrected chi connectivity index (χ2v) is 9.87. The Morgan fingerprint density at radius 3 is 2.64 bits per heavy atom. The molecule has 4 aliphatic carbocycles. The van der Waals surface area contributed by atoms with Crippen LogP contribution < -0.4 is 0 Å². The first-order valence-electron chi connectivity index (χ1n) is 10.2. The summed E-state index contributed by atoms with van der Waals surface area (Å²) in [6.07, 6.45) is 3.53. The number of carbonyl (C=O) groups excluding carboxylic acids is 1. The number of aliphatic hydroxyl groups excluding tert-OH is 2. The molecule has 0 aromatic rings. The van der Waals surface area contributed by atoms with E-state index in [1.54, 1.807) is 13.0 Å². The molecule has 0 unspecified atom stereocenters. The molecule has 0 aromatic heterocycles. The molecule has 5 nitrogen and oxygen atoms in total. The average molecular weight is 392 g/mol. The van der Waals surface area contributed by atoms with Crippen molar-refractivity contribution in [3.63, 3.8) is 0 Å². The van der Waals surface area contributed by atoms with Crippen molar-refractivity contribution < 1.29 is 29.3 Å². The summed E-state index contributed by atoms with van der Waals surface area (Å²) in [6.45, 7) is 5.60. The molecule has 9 atom stereocenters. The van der Waals surface area contributed by atoms with Crippen molar-refractivity contribution in [3.8, 4) is 0 Å². The Labute approximate surface area is 164 Å². The van der Waals surface area contributed by atoms with E-state index >= 15 is 4.39 Å². The van der Waals surface area contributed by atoms with Gasteiger partial charge in [0.1, 0.15) is 0 Å². The van der Waals surface area contributed by atoms with Crippen molar-refractivity contribution in [1.82, 2.24) is 0 Å². The van der Waals surface area contributed by atoms with Gasteiger partial charge in [-0.15, -0.1) is 0 Å². The number of halogens is 1. The standard InChI is InChI=1S/C22H29FO5/c1-11-8-15-14-5-4-12-9-13(24)6-7-21(12,3)22(14,23)16(25)10-20(15,2)17(11)18(26)19(27)28/h6-7,9,11,14-18,25-26H,4-5,8,10H2,1-3H3,(H,27,28)/t11-,14-,15+,16-,17-,18-,20-,21-,22-/m0/s1. The number of carbonyl (C=O) groups is 2. The average Bonchev–Trinajstić information content (AvgIpc) is 2.86. The third-order valence-corrected chi connectivity index (χ3v) is 8.67. The Balaban J connectivity index is 1.79. The summed E-state index contributed by atoms with van der Waals surface area (Å²) in [5.74, 6) is -2.59. The lowest BCUT2D eigenvalue weighted by Crippen LogP contribution is -2.67. The van der Waals surface area contributed by atoms with E-state index in [-0.39, 0.29) is 24.0 Å². The molecule has 154 valence electrons. The van der Waals surface area contributed by atoms with E-state index in [1.165, 1.54) is 12.2 Å². The number of carboxylic acids is 1. The number of aliphatic hydroxyl groups is 2. The molecule has 4 rings (SSSR count). The van der Waals surface area contributed by atoms with Crippen molar-refractivity contribution in [1.29, 1.82) is 0 Å². The van der Waals surface area contributed by atoms with Crippen molar-refractivity contribution in [2.75, 3.05) is 0 Å². The molecule has 0 radical (unpaired) electrons. The topological polar surface area (TPSA) is 94.8 Å². The Kier molecular flexibility index (Phi) is 4.23. The van der Waals surface area contributed by atoms with Crippen LogP contribution in [-0.4, -0.2) is 44.9 Å². The van der Waals surface area contributed by atoms with E-state index in [0.717, 1.165) is 5.57 Å². The van der Waals surface area contributed by atoms with Crippen LogP contribution in [0.15, 0.2) is 23.8 Å². The highest BCUT2D eigenvalue weighted by molar-refractivity contribution is 6.01. The Morgan fingerprint density at radius 2 is 2.00 bits per heavy atom. The first-order valence-corrected chi connectivity index (χ1v) is 10.2. The zero-order chi connectivity index (χ0) is 20.6. The first kappa shape index (κ1) is 19.8. The molecule has 0 aliphatic heterocycles. The van der Waals surface area contributed by atoms with Crippen LogP contribution in [0.5, 0.6) is 0 Å². The van der Waals surface area contributed by atoms with Crippen LogP contribution in [0.3, 0.4) is 0 Å². The highest BCUT2D eigenvalue weighted by atomic mass is 19.1. The van der Waals surface area contributed by atoms with Crippen LogP contribution in [-0.2, 0) is 9.59 Å². The van der Waals surface area contributed by atoms with Crippen LogP contribution in [0.25, 0.3) is 0 Å². The van der Waals surface area contributed by atoms with Gasteiger partial charge in [0.15, 0.2) is 17.6 Å². The minimum absolute atomic E-state index is 0.0797. The molecule has 4 aliphatic rings. The molecule has 28 heavy (non-hydrogen) atoms. The summed E-state index contributed by atoms with van der Waals surface area (Å²) in [6, 6.07) is 0. The molecule has 0 bridgehead atoms.